The maximum Gasteiger partial charge on any atom is 0.239 e. The van der Waals surface area contributed by atoms with Crippen molar-refractivity contribution in [1.82, 2.24) is 10.2 Å². The van der Waals surface area contributed by atoms with Crippen molar-refractivity contribution >= 4 is 27.5 Å². The number of para-hydroxylation sites is 1. The standard InChI is InChI=1S/C12H18BrN3O/c1-16(2)8-7-14-12(17)9-15-11-6-4-3-5-10(11)13/h3-6,15H,7-9H2,1-2H3,(H,14,17). The maximum absolute atomic E-state index is 11.5. The van der Waals surface area contributed by atoms with E-state index in [1.807, 2.05) is 43.3 Å². The molecule has 1 aromatic carbocycles. The summed E-state index contributed by atoms with van der Waals surface area (Å²) in [6, 6.07) is 7.73. The highest BCUT2D eigenvalue weighted by atomic mass is 79.9. The molecule has 1 rings (SSSR count). The number of hydrogen-bond acceptors (Lipinski definition) is 3. The molecule has 0 atom stereocenters. The highest BCUT2D eigenvalue weighted by Gasteiger charge is 2.02. The topological polar surface area (TPSA) is 44.4 Å². The van der Waals surface area contributed by atoms with Gasteiger partial charge in [-0.1, -0.05) is 12.1 Å². The van der Waals surface area contributed by atoms with Crippen molar-refractivity contribution in [3.05, 3.63) is 28.7 Å². The molecule has 0 aliphatic heterocycles. The molecular formula is C12H18BrN3O. The first-order valence-electron chi connectivity index (χ1n) is 5.49. The van der Waals surface area contributed by atoms with Gasteiger partial charge in [-0.25, -0.2) is 0 Å². The number of anilines is 1. The fourth-order valence-corrected chi connectivity index (χ4v) is 1.69. The van der Waals surface area contributed by atoms with E-state index < -0.39 is 0 Å². The Hall–Kier alpha value is -1.07. The smallest absolute Gasteiger partial charge is 0.239 e. The van der Waals surface area contributed by atoms with E-state index in [9.17, 15) is 4.79 Å². The van der Waals surface area contributed by atoms with Crippen LogP contribution in [-0.2, 0) is 4.79 Å². The second-order valence-corrected chi connectivity index (χ2v) is 4.84. The van der Waals surface area contributed by atoms with E-state index in [4.69, 9.17) is 0 Å². The van der Waals surface area contributed by atoms with Crippen LogP contribution in [0.2, 0.25) is 0 Å². The summed E-state index contributed by atoms with van der Waals surface area (Å²) >= 11 is 3.42. The Bertz CT molecular complexity index is 369. The van der Waals surface area contributed by atoms with Gasteiger partial charge in [0.05, 0.1) is 6.54 Å². The average Bonchev–Trinajstić information content (AvgIpc) is 2.27. The Morgan fingerprint density at radius 1 is 1.35 bits per heavy atom. The van der Waals surface area contributed by atoms with Crippen LogP contribution in [0.25, 0.3) is 0 Å². The molecule has 2 N–H and O–H groups in total. The number of hydrogen-bond donors (Lipinski definition) is 2. The molecule has 17 heavy (non-hydrogen) atoms. The summed E-state index contributed by atoms with van der Waals surface area (Å²) in [7, 11) is 3.96. The lowest BCUT2D eigenvalue weighted by Crippen LogP contribution is -2.35. The minimum absolute atomic E-state index is 0.00241. The van der Waals surface area contributed by atoms with Crippen LogP contribution in [0.5, 0.6) is 0 Å². The molecule has 0 radical (unpaired) electrons. The van der Waals surface area contributed by atoms with Crippen LogP contribution < -0.4 is 10.6 Å². The predicted molar refractivity (Wildman–Crippen MR) is 74.2 cm³/mol. The molecule has 0 bridgehead atoms. The minimum Gasteiger partial charge on any atom is -0.375 e. The molecular weight excluding hydrogens is 282 g/mol. The molecule has 0 fully saturated rings. The zero-order valence-electron chi connectivity index (χ0n) is 10.2. The van der Waals surface area contributed by atoms with Crippen molar-refractivity contribution in [3.8, 4) is 0 Å². The van der Waals surface area contributed by atoms with Gasteiger partial charge in [0.1, 0.15) is 0 Å². The average molecular weight is 300 g/mol. The lowest BCUT2D eigenvalue weighted by molar-refractivity contribution is -0.119. The number of rotatable bonds is 6. The number of benzene rings is 1. The van der Waals surface area contributed by atoms with E-state index in [2.05, 4.69) is 26.6 Å². The van der Waals surface area contributed by atoms with Crippen LogP contribution in [0.3, 0.4) is 0 Å². The third kappa shape index (κ3) is 5.70. The van der Waals surface area contributed by atoms with Crippen molar-refractivity contribution in [2.45, 2.75) is 0 Å². The zero-order valence-corrected chi connectivity index (χ0v) is 11.8. The number of nitrogens with one attached hydrogen (secondary N) is 2. The first kappa shape index (κ1) is 14.0. The van der Waals surface area contributed by atoms with E-state index >= 15 is 0 Å². The van der Waals surface area contributed by atoms with Gasteiger partial charge in [0.25, 0.3) is 0 Å². The quantitative estimate of drug-likeness (QED) is 0.837. The largest absolute Gasteiger partial charge is 0.375 e. The second kappa shape index (κ2) is 7.29. The first-order chi connectivity index (χ1) is 8.09. The maximum atomic E-state index is 11.5. The van der Waals surface area contributed by atoms with Crippen molar-refractivity contribution in [3.63, 3.8) is 0 Å². The Morgan fingerprint density at radius 3 is 2.71 bits per heavy atom. The minimum atomic E-state index is 0.00241. The molecule has 4 nitrogen and oxygen atoms in total. The summed E-state index contributed by atoms with van der Waals surface area (Å²) in [5, 5.41) is 5.92. The molecule has 0 saturated heterocycles. The van der Waals surface area contributed by atoms with Crippen LogP contribution in [0, 0.1) is 0 Å². The predicted octanol–water partition coefficient (Wildman–Crippen LogP) is 1.54. The van der Waals surface area contributed by atoms with Gasteiger partial charge in [-0.2, -0.15) is 0 Å². The summed E-state index contributed by atoms with van der Waals surface area (Å²) < 4.78 is 0.959. The van der Waals surface area contributed by atoms with Crippen LogP contribution in [-0.4, -0.2) is 44.5 Å². The van der Waals surface area contributed by atoms with Gasteiger partial charge in [0.2, 0.25) is 5.91 Å². The van der Waals surface area contributed by atoms with E-state index in [-0.39, 0.29) is 12.5 Å². The highest BCUT2D eigenvalue weighted by Crippen LogP contribution is 2.20. The van der Waals surface area contributed by atoms with Gasteiger partial charge >= 0.3 is 0 Å². The molecule has 5 heteroatoms. The van der Waals surface area contributed by atoms with Gasteiger partial charge in [-0.05, 0) is 42.2 Å². The van der Waals surface area contributed by atoms with Crippen molar-refractivity contribution in [2.75, 3.05) is 39.0 Å². The summed E-state index contributed by atoms with van der Waals surface area (Å²) in [5.41, 5.74) is 0.926. The van der Waals surface area contributed by atoms with Crippen molar-refractivity contribution in [2.24, 2.45) is 0 Å². The number of carbonyl (C=O) groups excluding carboxylic acids is 1. The van der Waals surface area contributed by atoms with Crippen molar-refractivity contribution in [1.29, 1.82) is 0 Å². The first-order valence-corrected chi connectivity index (χ1v) is 6.28. The monoisotopic (exact) mass is 299 g/mol. The molecule has 0 spiro atoms. The van der Waals surface area contributed by atoms with Crippen molar-refractivity contribution < 1.29 is 4.79 Å². The fourth-order valence-electron chi connectivity index (χ4n) is 1.26. The molecule has 0 saturated carbocycles. The molecule has 1 amide bonds. The number of halogens is 1. The number of likely N-dealkylation sites (N-methyl/N-ethyl adjacent to an activating group) is 1. The molecule has 0 aromatic heterocycles. The van der Waals surface area contributed by atoms with Crippen LogP contribution >= 0.6 is 15.9 Å². The van der Waals surface area contributed by atoms with E-state index in [0.29, 0.717) is 6.54 Å². The number of carbonyl (C=O) groups is 1. The third-order valence-electron chi connectivity index (χ3n) is 2.19. The zero-order chi connectivity index (χ0) is 12.7. The third-order valence-corrected chi connectivity index (χ3v) is 2.89. The van der Waals surface area contributed by atoms with Crippen LogP contribution in [0.1, 0.15) is 0 Å². The number of amides is 1. The molecule has 94 valence electrons. The summed E-state index contributed by atoms with van der Waals surface area (Å²) in [6.07, 6.45) is 0. The summed E-state index contributed by atoms with van der Waals surface area (Å²) in [5.74, 6) is 0.00241. The molecule has 1 aromatic rings. The Morgan fingerprint density at radius 2 is 2.06 bits per heavy atom. The normalized spacial score (nSPS) is 10.4. The Labute approximate surface area is 111 Å². The van der Waals surface area contributed by atoms with Gasteiger partial charge in [-0.3, -0.25) is 4.79 Å². The Kier molecular flexibility index (Phi) is 6.00. The van der Waals surface area contributed by atoms with Gasteiger partial charge in [0, 0.05) is 23.2 Å². The fraction of sp³-hybridized carbons (Fsp3) is 0.417. The molecule has 0 aliphatic carbocycles. The molecule has 0 heterocycles. The van der Waals surface area contributed by atoms with E-state index in [1.54, 1.807) is 0 Å². The second-order valence-electron chi connectivity index (χ2n) is 3.99. The SMILES string of the molecule is CN(C)CCNC(=O)CNc1ccccc1Br. The summed E-state index contributed by atoms with van der Waals surface area (Å²) in [6.45, 7) is 1.81. The Balaban J connectivity index is 2.26. The van der Waals surface area contributed by atoms with Gasteiger partial charge < -0.3 is 15.5 Å². The lowest BCUT2D eigenvalue weighted by Gasteiger charge is -2.11. The lowest BCUT2D eigenvalue weighted by atomic mass is 10.3. The van der Waals surface area contributed by atoms with Crippen LogP contribution in [0.15, 0.2) is 28.7 Å². The van der Waals surface area contributed by atoms with Gasteiger partial charge in [-0.15, -0.1) is 0 Å². The van der Waals surface area contributed by atoms with E-state index in [1.165, 1.54) is 0 Å². The molecule has 0 aliphatic rings. The van der Waals surface area contributed by atoms with E-state index in [0.717, 1.165) is 16.7 Å². The number of nitrogens with zero attached hydrogens (tertiary/aromatic N) is 1. The summed E-state index contributed by atoms with van der Waals surface area (Å²) in [4.78, 5) is 13.5. The van der Waals surface area contributed by atoms with Crippen LogP contribution in [0.4, 0.5) is 5.69 Å². The molecule has 0 unspecified atom stereocenters. The van der Waals surface area contributed by atoms with Gasteiger partial charge in [0.15, 0.2) is 0 Å². The highest BCUT2D eigenvalue weighted by molar-refractivity contribution is 9.10.